The molecule has 0 aromatic carbocycles. The lowest BCUT2D eigenvalue weighted by atomic mass is 10.0. The van der Waals surface area contributed by atoms with Gasteiger partial charge in [-0.2, -0.15) is 0 Å². The van der Waals surface area contributed by atoms with Gasteiger partial charge in [-0.15, -0.1) is 0 Å². The van der Waals surface area contributed by atoms with E-state index in [1.807, 2.05) is 0 Å². The van der Waals surface area contributed by atoms with Gasteiger partial charge in [0, 0.05) is 13.2 Å². The van der Waals surface area contributed by atoms with E-state index in [-0.39, 0.29) is 25.4 Å². The van der Waals surface area contributed by atoms with Crippen LogP contribution in [0.25, 0.3) is 0 Å². The van der Waals surface area contributed by atoms with Crippen molar-refractivity contribution >= 4 is 34.8 Å². The van der Waals surface area contributed by atoms with Gasteiger partial charge >= 0.3 is 0 Å². The summed E-state index contributed by atoms with van der Waals surface area (Å²) in [7, 11) is 0. The molecule has 6 heteroatoms. The zero-order valence-corrected chi connectivity index (χ0v) is 12.0. The maximum Gasteiger partial charge on any atom is 0.213 e. The fraction of sp³-hybridized carbons (Fsp3) is 1.00. The van der Waals surface area contributed by atoms with Gasteiger partial charge in [-0.3, -0.25) is 0 Å². The lowest BCUT2D eigenvalue weighted by Gasteiger charge is -2.30. The number of alkyl halides is 3. The summed E-state index contributed by atoms with van der Waals surface area (Å²) >= 11 is 16.9. The second-order valence-corrected chi connectivity index (χ2v) is 6.80. The van der Waals surface area contributed by atoms with Crippen molar-refractivity contribution in [2.45, 2.75) is 48.1 Å². The van der Waals surface area contributed by atoms with Gasteiger partial charge in [0.2, 0.25) is 3.79 Å². The monoisotopic (exact) mass is 304 g/mol. The van der Waals surface area contributed by atoms with E-state index < -0.39 is 3.79 Å². The molecule has 0 amide bonds. The summed E-state index contributed by atoms with van der Waals surface area (Å²) in [6, 6.07) is 0. The first-order chi connectivity index (χ1) is 8.01. The van der Waals surface area contributed by atoms with E-state index in [0.717, 1.165) is 32.1 Å². The van der Waals surface area contributed by atoms with Crippen molar-refractivity contribution in [2.24, 2.45) is 0 Å². The average molecular weight is 306 g/mol. The quantitative estimate of drug-likeness (QED) is 0.605. The number of unbranched alkanes of at least 4 members (excludes halogenated alkanes) is 1. The number of hydrogen-bond acceptors (Lipinski definition) is 3. The van der Waals surface area contributed by atoms with Crippen LogP contribution in [-0.2, 0) is 9.47 Å². The molecular formula is C11H19Cl3O3. The summed E-state index contributed by atoms with van der Waals surface area (Å²) in [5.74, 6) is 0. The number of rotatable bonds is 6. The molecule has 0 aromatic rings. The fourth-order valence-corrected chi connectivity index (χ4v) is 2.08. The van der Waals surface area contributed by atoms with Crippen molar-refractivity contribution in [3.05, 3.63) is 0 Å². The molecule has 0 spiro atoms. The Kier molecular flexibility index (Phi) is 7.46. The van der Waals surface area contributed by atoms with E-state index in [1.165, 1.54) is 0 Å². The van der Waals surface area contributed by atoms with Crippen LogP contribution < -0.4 is 0 Å². The molecule has 102 valence electrons. The van der Waals surface area contributed by atoms with Crippen LogP contribution in [0.5, 0.6) is 0 Å². The highest BCUT2D eigenvalue weighted by Gasteiger charge is 2.26. The third kappa shape index (κ3) is 7.70. The molecule has 0 aliphatic carbocycles. The van der Waals surface area contributed by atoms with E-state index in [0.29, 0.717) is 6.61 Å². The van der Waals surface area contributed by atoms with Crippen LogP contribution in [0.1, 0.15) is 32.1 Å². The van der Waals surface area contributed by atoms with Crippen molar-refractivity contribution in [3.63, 3.8) is 0 Å². The van der Waals surface area contributed by atoms with Gasteiger partial charge < -0.3 is 14.6 Å². The minimum atomic E-state index is -1.34. The van der Waals surface area contributed by atoms with E-state index in [4.69, 9.17) is 49.4 Å². The molecule has 1 heterocycles. The predicted octanol–water partition coefficient (Wildman–Crippen LogP) is 3.08. The Hall–Kier alpha value is 0.750. The number of aliphatic hydroxyl groups is 1. The van der Waals surface area contributed by atoms with Crippen LogP contribution in [-0.4, -0.2) is 40.9 Å². The van der Waals surface area contributed by atoms with Gasteiger partial charge in [-0.1, -0.05) is 34.8 Å². The number of hydrogen-bond donors (Lipinski definition) is 1. The minimum Gasteiger partial charge on any atom is -0.396 e. The Morgan fingerprint density at radius 3 is 2.71 bits per heavy atom. The van der Waals surface area contributed by atoms with Crippen LogP contribution in [0.15, 0.2) is 0 Å². The third-order valence-electron chi connectivity index (χ3n) is 2.74. The second kappa shape index (κ2) is 8.03. The number of halogens is 3. The molecule has 2 atom stereocenters. The largest absolute Gasteiger partial charge is 0.396 e. The number of aliphatic hydroxyl groups excluding tert-OH is 1. The van der Waals surface area contributed by atoms with E-state index >= 15 is 0 Å². The van der Waals surface area contributed by atoms with Crippen molar-refractivity contribution in [1.82, 2.24) is 0 Å². The molecule has 1 N–H and O–H groups in total. The molecular weight excluding hydrogens is 286 g/mol. The summed E-state index contributed by atoms with van der Waals surface area (Å²) in [4.78, 5) is 0. The molecule has 1 aliphatic rings. The van der Waals surface area contributed by atoms with Crippen molar-refractivity contribution in [1.29, 1.82) is 0 Å². The van der Waals surface area contributed by atoms with Crippen LogP contribution in [0.2, 0.25) is 0 Å². The molecule has 0 bridgehead atoms. The van der Waals surface area contributed by atoms with Gasteiger partial charge in [0.1, 0.15) is 0 Å². The molecule has 17 heavy (non-hydrogen) atoms. The first kappa shape index (κ1) is 15.8. The molecule has 1 aliphatic heterocycles. The highest BCUT2D eigenvalue weighted by Crippen LogP contribution is 2.28. The molecule has 0 unspecified atom stereocenters. The van der Waals surface area contributed by atoms with Crippen LogP contribution >= 0.6 is 34.8 Å². The smallest absolute Gasteiger partial charge is 0.213 e. The van der Waals surface area contributed by atoms with Gasteiger partial charge in [0.25, 0.3) is 0 Å². The van der Waals surface area contributed by atoms with Gasteiger partial charge in [0.15, 0.2) is 0 Å². The molecule has 0 aromatic heterocycles. The Balaban J connectivity index is 2.19. The first-order valence-corrected chi connectivity index (χ1v) is 7.05. The Morgan fingerprint density at radius 2 is 2.06 bits per heavy atom. The average Bonchev–Trinajstić information content (AvgIpc) is 2.27. The van der Waals surface area contributed by atoms with Gasteiger partial charge in [0.05, 0.1) is 18.8 Å². The highest BCUT2D eigenvalue weighted by atomic mass is 35.6. The summed E-state index contributed by atoms with van der Waals surface area (Å²) in [6.07, 6.45) is 4.74. The van der Waals surface area contributed by atoms with Crippen molar-refractivity contribution in [2.75, 3.05) is 19.8 Å². The Morgan fingerprint density at radius 1 is 1.29 bits per heavy atom. The normalized spacial score (nSPS) is 26.1. The van der Waals surface area contributed by atoms with E-state index in [1.54, 1.807) is 0 Å². The van der Waals surface area contributed by atoms with Crippen LogP contribution in [0.4, 0.5) is 0 Å². The molecule has 1 saturated heterocycles. The van der Waals surface area contributed by atoms with Crippen LogP contribution in [0, 0.1) is 0 Å². The molecule has 1 fully saturated rings. The zero-order chi connectivity index (χ0) is 12.7. The Bertz CT molecular complexity index is 209. The minimum absolute atomic E-state index is 0.110. The fourth-order valence-electron chi connectivity index (χ4n) is 1.89. The van der Waals surface area contributed by atoms with Gasteiger partial charge in [-0.25, -0.2) is 0 Å². The molecule has 3 nitrogen and oxygen atoms in total. The third-order valence-corrected chi connectivity index (χ3v) is 3.06. The molecule has 0 radical (unpaired) electrons. The maximum atomic E-state index is 8.71. The standard InChI is InChI=1S/C11H19Cl3O3/c12-11(13,14)8-17-10-4-6-16-9(7-10)3-1-2-5-15/h9-10,15H,1-8H2/t9-,10-/m0/s1. The Labute approximate surface area is 117 Å². The topological polar surface area (TPSA) is 38.7 Å². The summed E-state index contributed by atoms with van der Waals surface area (Å²) in [6.45, 7) is 1.04. The van der Waals surface area contributed by atoms with E-state index in [9.17, 15) is 0 Å². The predicted molar refractivity (Wildman–Crippen MR) is 69.9 cm³/mol. The second-order valence-electron chi connectivity index (χ2n) is 4.28. The van der Waals surface area contributed by atoms with E-state index in [2.05, 4.69) is 0 Å². The summed E-state index contributed by atoms with van der Waals surface area (Å²) in [5, 5.41) is 8.71. The summed E-state index contributed by atoms with van der Waals surface area (Å²) < 4.78 is 9.84. The first-order valence-electron chi connectivity index (χ1n) is 5.92. The van der Waals surface area contributed by atoms with Gasteiger partial charge in [-0.05, 0) is 32.1 Å². The van der Waals surface area contributed by atoms with Crippen molar-refractivity contribution < 1.29 is 14.6 Å². The van der Waals surface area contributed by atoms with Crippen molar-refractivity contribution in [3.8, 4) is 0 Å². The molecule has 0 saturated carbocycles. The zero-order valence-electron chi connectivity index (χ0n) is 9.71. The lowest BCUT2D eigenvalue weighted by molar-refractivity contribution is -0.0743. The van der Waals surface area contributed by atoms with Crippen LogP contribution in [0.3, 0.4) is 0 Å². The lowest BCUT2D eigenvalue weighted by Crippen LogP contribution is -2.32. The highest BCUT2D eigenvalue weighted by molar-refractivity contribution is 6.67. The summed E-state index contributed by atoms with van der Waals surface area (Å²) in [5.41, 5.74) is 0. The molecule has 1 rings (SSSR count). The SMILES string of the molecule is OCCCC[C@H]1C[C@@H](OCC(Cl)(Cl)Cl)CCO1. The number of ether oxygens (including phenoxy) is 2. The maximum absolute atomic E-state index is 8.71.